The van der Waals surface area contributed by atoms with E-state index < -0.39 is 0 Å². The van der Waals surface area contributed by atoms with Crippen LogP contribution in [0.3, 0.4) is 0 Å². The second-order valence-electron chi connectivity index (χ2n) is 6.40. The molecule has 2 heterocycles. The lowest BCUT2D eigenvalue weighted by Crippen LogP contribution is -2.31. The van der Waals surface area contributed by atoms with Gasteiger partial charge >= 0.3 is 0 Å². The minimum absolute atomic E-state index is 0.274. The molecule has 0 aliphatic carbocycles. The molecule has 6 heteroatoms. The number of nitrogens with zero attached hydrogens (tertiary/aromatic N) is 3. The van der Waals surface area contributed by atoms with Crippen LogP contribution in [0.25, 0.3) is 11.0 Å². The molecule has 0 aliphatic heterocycles. The van der Waals surface area contributed by atoms with E-state index in [1.807, 2.05) is 61.5 Å². The third-order valence-electron chi connectivity index (χ3n) is 4.34. The normalized spacial score (nSPS) is 12.0. The molecule has 2 N–H and O–H groups in total. The number of aryl methyl sites for hydroxylation is 1. The van der Waals surface area contributed by atoms with Crippen molar-refractivity contribution < 1.29 is 4.79 Å². The van der Waals surface area contributed by atoms with Crippen LogP contribution in [0.15, 0.2) is 67.0 Å². The highest BCUT2D eigenvalue weighted by Gasteiger charge is 2.20. The number of aromatic amines is 1. The highest BCUT2D eigenvalue weighted by molar-refractivity contribution is 5.92. The first-order valence-electron chi connectivity index (χ1n) is 8.77. The Morgan fingerprint density at radius 2 is 1.81 bits per heavy atom. The van der Waals surface area contributed by atoms with E-state index in [0.29, 0.717) is 12.2 Å². The number of para-hydroxylation sites is 2. The fraction of sp³-hybridized carbons (Fsp3) is 0.143. The number of fused-ring (bicyclic) bond motifs is 1. The third kappa shape index (κ3) is 3.84. The van der Waals surface area contributed by atoms with E-state index >= 15 is 0 Å². The second-order valence-corrected chi connectivity index (χ2v) is 6.40. The lowest BCUT2D eigenvalue weighted by Gasteiger charge is -2.16. The van der Waals surface area contributed by atoms with Crippen molar-refractivity contribution in [3.63, 3.8) is 0 Å². The second kappa shape index (κ2) is 7.37. The quantitative estimate of drug-likeness (QED) is 0.573. The van der Waals surface area contributed by atoms with Gasteiger partial charge in [0.25, 0.3) is 5.91 Å². The lowest BCUT2D eigenvalue weighted by atomic mass is 10.1. The molecule has 0 unspecified atom stereocenters. The number of benzene rings is 2. The minimum Gasteiger partial charge on any atom is -0.340 e. The number of carbonyl (C=O) groups excluding carboxylic acids is 1. The van der Waals surface area contributed by atoms with E-state index in [4.69, 9.17) is 0 Å². The Morgan fingerprint density at radius 1 is 1.04 bits per heavy atom. The Balaban J connectivity index is 1.64. The summed E-state index contributed by atoms with van der Waals surface area (Å²) >= 11 is 0. The molecule has 2 aromatic heterocycles. The molecule has 0 saturated carbocycles. The van der Waals surface area contributed by atoms with Gasteiger partial charge in [-0.15, -0.1) is 0 Å². The highest BCUT2D eigenvalue weighted by atomic mass is 16.2. The first kappa shape index (κ1) is 16.9. The summed E-state index contributed by atoms with van der Waals surface area (Å²) < 4.78 is 0. The predicted octanol–water partition coefficient (Wildman–Crippen LogP) is 3.38. The van der Waals surface area contributed by atoms with Crippen LogP contribution >= 0.6 is 0 Å². The summed E-state index contributed by atoms with van der Waals surface area (Å²) in [6.07, 6.45) is 3.69. The molecule has 4 rings (SSSR count). The van der Waals surface area contributed by atoms with E-state index in [1.165, 1.54) is 6.20 Å². The molecule has 0 radical (unpaired) electrons. The zero-order valence-electron chi connectivity index (χ0n) is 14.9. The van der Waals surface area contributed by atoms with Crippen LogP contribution in [-0.4, -0.2) is 25.8 Å². The maximum atomic E-state index is 12.7. The molecule has 0 aliphatic rings. The Hall–Kier alpha value is -3.54. The van der Waals surface area contributed by atoms with Crippen molar-refractivity contribution in [2.75, 3.05) is 0 Å². The molecule has 0 spiro atoms. The summed E-state index contributed by atoms with van der Waals surface area (Å²) in [7, 11) is 0. The van der Waals surface area contributed by atoms with Gasteiger partial charge in [0.05, 0.1) is 29.0 Å². The Labute approximate surface area is 156 Å². The summed E-state index contributed by atoms with van der Waals surface area (Å²) in [4.78, 5) is 29.0. The molecule has 0 bridgehead atoms. The summed E-state index contributed by atoms with van der Waals surface area (Å²) in [5, 5.41) is 3.04. The average Bonchev–Trinajstić information content (AvgIpc) is 3.13. The van der Waals surface area contributed by atoms with Gasteiger partial charge in [0.1, 0.15) is 11.5 Å². The molecular formula is C21H19N5O. The molecule has 0 saturated heterocycles. The van der Waals surface area contributed by atoms with Crippen LogP contribution in [0, 0.1) is 6.92 Å². The van der Waals surface area contributed by atoms with Crippen LogP contribution in [-0.2, 0) is 6.42 Å². The maximum Gasteiger partial charge on any atom is 0.272 e. The molecule has 134 valence electrons. The number of amides is 1. The van der Waals surface area contributed by atoms with E-state index in [9.17, 15) is 4.79 Å². The summed E-state index contributed by atoms with van der Waals surface area (Å²) in [5.41, 5.74) is 3.97. The Bertz CT molecular complexity index is 1020. The molecular weight excluding hydrogens is 338 g/mol. The molecule has 2 aromatic carbocycles. The van der Waals surface area contributed by atoms with E-state index in [0.717, 1.165) is 22.3 Å². The van der Waals surface area contributed by atoms with Crippen LogP contribution in [0.5, 0.6) is 0 Å². The molecule has 4 aromatic rings. The number of rotatable bonds is 5. The minimum atomic E-state index is -0.310. The van der Waals surface area contributed by atoms with E-state index in [2.05, 4.69) is 25.3 Å². The van der Waals surface area contributed by atoms with Crippen LogP contribution in [0.1, 0.15) is 33.6 Å². The van der Waals surface area contributed by atoms with Gasteiger partial charge in [0.15, 0.2) is 0 Å². The van der Waals surface area contributed by atoms with Crippen LogP contribution in [0.4, 0.5) is 0 Å². The Kier molecular flexibility index (Phi) is 4.61. The van der Waals surface area contributed by atoms with Crippen molar-refractivity contribution in [3.05, 3.63) is 89.8 Å². The standard InChI is InChI=1S/C21H19N5O/c1-14-12-23-19(13-22-14)21(27)26-18(11-15-7-3-2-4-8-15)20-24-16-9-5-6-10-17(16)25-20/h2-10,12-13,18H,11H2,1H3,(H,24,25)(H,26,27)/t18-/m1/s1. The van der Waals surface area contributed by atoms with Crippen molar-refractivity contribution in [2.24, 2.45) is 0 Å². The fourth-order valence-electron chi connectivity index (χ4n) is 2.95. The van der Waals surface area contributed by atoms with E-state index in [-0.39, 0.29) is 17.6 Å². The monoisotopic (exact) mass is 357 g/mol. The molecule has 1 atom stereocenters. The maximum absolute atomic E-state index is 12.7. The zero-order valence-corrected chi connectivity index (χ0v) is 14.9. The van der Waals surface area contributed by atoms with Crippen molar-refractivity contribution in [1.29, 1.82) is 0 Å². The van der Waals surface area contributed by atoms with Gasteiger partial charge in [-0.1, -0.05) is 42.5 Å². The van der Waals surface area contributed by atoms with Gasteiger partial charge in [-0.3, -0.25) is 9.78 Å². The number of H-pyrrole nitrogens is 1. The van der Waals surface area contributed by atoms with Crippen molar-refractivity contribution in [1.82, 2.24) is 25.3 Å². The predicted molar refractivity (Wildman–Crippen MR) is 103 cm³/mol. The van der Waals surface area contributed by atoms with Gasteiger partial charge in [-0.2, -0.15) is 0 Å². The summed E-state index contributed by atoms with van der Waals surface area (Å²) in [6.45, 7) is 1.83. The van der Waals surface area contributed by atoms with Crippen molar-refractivity contribution >= 4 is 16.9 Å². The number of aromatic nitrogens is 4. The van der Waals surface area contributed by atoms with Crippen LogP contribution in [0.2, 0.25) is 0 Å². The number of hydrogen-bond donors (Lipinski definition) is 2. The fourth-order valence-corrected chi connectivity index (χ4v) is 2.95. The largest absolute Gasteiger partial charge is 0.340 e. The van der Waals surface area contributed by atoms with E-state index in [1.54, 1.807) is 6.20 Å². The third-order valence-corrected chi connectivity index (χ3v) is 4.34. The number of nitrogens with one attached hydrogen (secondary N) is 2. The van der Waals surface area contributed by atoms with Gasteiger partial charge in [0, 0.05) is 6.20 Å². The molecule has 27 heavy (non-hydrogen) atoms. The first-order chi connectivity index (χ1) is 13.2. The highest BCUT2D eigenvalue weighted by Crippen LogP contribution is 2.20. The van der Waals surface area contributed by atoms with Gasteiger partial charge in [-0.05, 0) is 31.0 Å². The lowest BCUT2D eigenvalue weighted by molar-refractivity contribution is 0.0929. The Morgan fingerprint density at radius 3 is 2.56 bits per heavy atom. The molecule has 0 fully saturated rings. The SMILES string of the molecule is Cc1cnc(C(=O)N[C@H](Cc2ccccc2)c2nc3ccccc3[nH]2)cn1. The average molecular weight is 357 g/mol. The molecule has 6 nitrogen and oxygen atoms in total. The number of hydrogen-bond acceptors (Lipinski definition) is 4. The number of imidazole rings is 1. The smallest absolute Gasteiger partial charge is 0.272 e. The zero-order chi connectivity index (χ0) is 18.6. The first-order valence-corrected chi connectivity index (χ1v) is 8.77. The summed E-state index contributed by atoms with van der Waals surface area (Å²) in [5.74, 6) is 0.442. The van der Waals surface area contributed by atoms with Crippen molar-refractivity contribution in [3.8, 4) is 0 Å². The summed E-state index contributed by atoms with van der Waals surface area (Å²) in [6, 6.07) is 17.5. The number of carbonyl (C=O) groups is 1. The topological polar surface area (TPSA) is 83.6 Å². The van der Waals surface area contributed by atoms with Gasteiger partial charge < -0.3 is 10.3 Å². The molecule has 1 amide bonds. The van der Waals surface area contributed by atoms with Gasteiger partial charge in [-0.25, -0.2) is 9.97 Å². The van der Waals surface area contributed by atoms with Gasteiger partial charge in [0.2, 0.25) is 0 Å². The van der Waals surface area contributed by atoms with Crippen LogP contribution < -0.4 is 5.32 Å². The van der Waals surface area contributed by atoms with Crippen molar-refractivity contribution in [2.45, 2.75) is 19.4 Å².